The molecule has 14 heavy (non-hydrogen) atoms. The quantitative estimate of drug-likeness (QED) is 0.609. The summed E-state index contributed by atoms with van der Waals surface area (Å²) in [5, 5.41) is 6.76. The Morgan fingerprint density at radius 3 is 2.86 bits per heavy atom. The third-order valence-electron chi connectivity index (χ3n) is 2.86. The molecular formula is C9H9N3O2. The number of aryl methyl sites for hydroxylation is 1. The van der Waals surface area contributed by atoms with Gasteiger partial charge in [-0.15, -0.1) is 0 Å². The molecule has 0 atom stereocenters. The molecule has 3 rings (SSSR count). The van der Waals surface area contributed by atoms with E-state index in [4.69, 9.17) is 0 Å². The second kappa shape index (κ2) is 2.05. The van der Waals surface area contributed by atoms with Gasteiger partial charge in [0.15, 0.2) is 0 Å². The maximum absolute atomic E-state index is 11.9. The van der Waals surface area contributed by atoms with Crippen molar-refractivity contribution in [1.82, 2.24) is 9.78 Å². The minimum Gasteiger partial charge on any atom is -0.310 e. The molecule has 1 saturated carbocycles. The van der Waals surface area contributed by atoms with Crippen LogP contribution in [0.25, 0.3) is 0 Å². The molecule has 1 aromatic heterocycles. The molecule has 1 N–H and O–H groups in total. The van der Waals surface area contributed by atoms with Crippen LogP contribution in [-0.2, 0) is 4.79 Å². The minimum atomic E-state index is -0.786. The van der Waals surface area contributed by atoms with Gasteiger partial charge in [-0.25, -0.2) is 0 Å². The van der Waals surface area contributed by atoms with E-state index in [1.54, 1.807) is 13.0 Å². The normalized spacial score (nSPS) is 22.1. The van der Waals surface area contributed by atoms with Gasteiger partial charge in [-0.2, -0.15) is 9.78 Å². The lowest BCUT2D eigenvalue weighted by Gasteiger charge is -2.20. The van der Waals surface area contributed by atoms with Gasteiger partial charge in [-0.05, 0) is 19.8 Å². The molecule has 1 aliphatic heterocycles. The predicted molar refractivity (Wildman–Crippen MR) is 47.9 cm³/mol. The van der Waals surface area contributed by atoms with Crippen molar-refractivity contribution in [2.75, 3.05) is 5.32 Å². The summed E-state index contributed by atoms with van der Waals surface area (Å²) >= 11 is 0. The molecule has 1 aromatic rings. The van der Waals surface area contributed by atoms with E-state index in [0.717, 1.165) is 5.69 Å². The van der Waals surface area contributed by atoms with Gasteiger partial charge in [0.2, 0.25) is 5.91 Å². The second-order valence-electron chi connectivity index (χ2n) is 3.92. The highest BCUT2D eigenvalue weighted by molar-refractivity contribution is 6.17. The summed E-state index contributed by atoms with van der Waals surface area (Å²) in [5.74, 6) is 0.147. The zero-order valence-electron chi connectivity index (χ0n) is 7.70. The van der Waals surface area contributed by atoms with Crippen LogP contribution in [0.2, 0.25) is 0 Å². The van der Waals surface area contributed by atoms with Crippen LogP contribution in [0.3, 0.4) is 0 Å². The van der Waals surface area contributed by atoms with E-state index in [1.165, 1.54) is 4.68 Å². The summed E-state index contributed by atoms with van der Waals surface area (Å²) in [7, 11) is 0. The van der Waals surface area contributed by atoms with E-state index >= 15 is 0 Å². The zero-order valence-corrected chi connectivity index (χ0v) is 7.70. The van der Waals surface area contributed by atoms with Crippen molar-refractivity contribution in [1.29, 1.82) is 0 Å². The maximum atomic E-state index is 11.9. The van der Waals surface area contributed by atoms with Crippen LogP contribution in [0.15, 0.2) is 6.07 Å². The Bertz CT molecular complexity index is 457. The van der Waals surface area contributed by atoms with Crippen molar-refractivity contribution < 1.29 is 9.59 Å². The van der Waals surface area contributed by atoms with Crippen LogP contribution < -0.4 is 5.32 Å². The maximum Gasteiger partial charge on any atom is 0.264 e. The number of aromatic nitrogens is 2. The molecule has 0 bridgehead atoms. The van der Waals surface area contributed by atoms with Gasteiger partial charge in [0.25, 0.3) is 5.91 Å². The van der Waals surface area contributed by atoms with Crippen LogP contribution >= 0.6 is 0 Å². The van der Waals surface area contributed by atoms with Crippen LogP contribution in [0.4, 0.5) is 5.82 Å². The van der Waals surface area contributed by atoms with Gasteiger partial charge < -0.3 is 5.32 Å². The third-order valence-corrected chi connectivity index (χ3v) is 2.86. The lowest BCUT2D eigenvalue weighted by molar-refractivity contribution is -0.120. The Morgan fingerprint density at radius 2 is 2.21 bits per heavy atom. The first-order chi connectivity index (χ1) is 6.63. The Morgan fingerprint density at radius 1 is 1.50 bits per heavy atom. The molecule has 5 heteroatoms. The van der Waals surface area contributed by atoms with E-state index in [9.17, 15) is 9.59 Å². The largest absolute Gasteiger partial charge is 0.310 e. The van der Waals surface area contributed by atoms with Crippen LogP contribution in [0.5, 0.6) is 0 Å². The van der Waals surface area contributed by atoms with Gasteiger partial charge in [0.1, 0.15) is 11.2 Å². The highest BCUT2D eigenvalue weighted by Crippen LogP contribution is 2.50. The number of carbonyl (C=O) groups is 2. The van der Waals surface area contributed by atoms with Gasteiger partial charge in [0.05, 0.1) is 5.69 Å². The number of anilines is 1. The molecule has 0 radical (unpaired) electrons. The number of rotatable bonds is 0. The molecular weight excluding hydrogens is 182 g/mol. The van der Waals surface area contributed by atoms with Gasteiger partial charge in [-0.3, -0.25) is 9.59 Å². The average Bonchev–Trinajstić information content (AvgIpc) is 2.84. The van der Waals surface area contributed by atoms with Crippen molar-refractivity contribution in [2.24, 2.45) is 5.41 Å². The molecule has 5 nitrogen and oxygen atoms in total. The fourth-order valence-electron chi connectivity index (χ4n) is 1.85. The SMILES string of the molecule is Cc1cc2n(n1)C(=O)C1(CC1)C(=O)N2. The van der Waals surface area contributed by atoms with Crippen molar-refractivity contribution >= 4 is 17.6 Å². The summed E-state index contributed by atoms with van der Waals surface area (Å²) < 4.78 is 1.31. The van der Waals surface area contributed by atoms with Crippen LogP contribution in [-0.4, -0.2) is 21.6 Å². The monoisotopic (exact) mass is 191 g/mol. The molecule has 72 valence electrons. The number of amides is 1. The van der Waals surface area contributed by atoms with Gasteiger partial charge >= 0.3 is 0 Å². The molecule has 0 unspecified atom stereocenters. The van der Waals surface area contributed by atoms with Crippen molar-refractivity contribution in [2.45, 2.75) is 19.8 Å². The highest BCUT2D eigenvalue weighted by Gasteiger charge is 2.60. The molecule has 1 spiro atoms. The topological polar surface area (TPSA) is 64.0 Å². The van der Waals surface area contributed by atoms with Crippen molar-refractivity contribution in [3.05, 3.63) is 11.8 Å². The molecule has 0 aromatic carbocycles. The number of fused-ring (bicyclic) bond motifs is 1. The summed E-state index contributed by atoms with van der Waals surface area (Å²) in [4.78, 5) is 23.5. The summed E-state index contributed by atoms with van der Waals surface area (Å²) in [5.41, 5.74) is -0.0443. The second-order valence-corrected chi connectivity index (χ2v) is 3.92. The predicted octanol–water partition coefficient (Wildman–Crippen LogP) is 0.564. The Hall–Kier alpha value is -1.65. The summed E-state index contributed by atoms with van der Waals surface area (Å²) in [6.45, 7) is 1.80. The number of nitrogens with zero attached hydrogens (tertiary/aromatic N) is 2. The Kier molecular flexibility index (Phi) is 1.13. The third kappa shape index (κ3) is 0.724. The number of hydrogen-bond donors (Lipinski definition) is 1. The standard InChI is InChI=1S/C9H9N3O2/c1-5-4-6-10-7(13)9(2-3-9)8(14)12(6)11-5/h4H,2-3H2,1H3,(H,10,13). The molecule has 1 fully saturated rings. The summed E-state index contributed by atoms with van der Waals surface area (Å²) in [6, 6.07) is 1.70. The highest BCUT2D eigenvalue weighted by atomic mass is 16.2. The van der Waals surface area contributed by atoms with Crippen LogP contribution in [0, 0.1) is 12.3 Å². The molecule has 2 aliphatic rings. The first-order valence-corrected chi connectivity index (χ1v) is 4.56. The first kappa shape index (κ1) is 7.73. The van der Waals surface area contributed by atoms with Gasteiger partial charge in [0, 0.05) is 6.07 Å². The lowest BCUT2D eigenvalue weighted by atomic mass is 10.0. The van der Waals surface area contributed by atoms with E-state index in [1.807, 2.05) is 0 Å². The Labute approximate surface area is 80.1 Å². The van der Waals surface area contributed by atoms with E-state index in [0.29, 0.717) is 18.7 Å². The average molecular weight is 191 g/mol. The van der Waals surface area contributed by atoms with E-state index in [2.05, 4.69) is 10.4 Å². The lowest BCUT2D eigenvalue weighted by Crippen LogP contribution is -2.41. The van der Waals surface area contributed by atoms with E-state index in [-0.39, 0.29) is 11.8 Å². The molecule has 1 amide bonds. The van der Waals surface area contributed by atoms with Crippen molar-refractivity contribution in [3.8, 4) is 0 Å². The zero-order chi connectivity index (χ0) is 9.92. The number of nitrogens with one attached hydrogen (secondary N) is 1. The fourth-order valence-corrected chi connectivity index (χ4v) is 1.85. The van der Waals surface area contributed by atoms with Gasteiger partial charge in [-0.1, -0.05) is 0 Å². The van der Waals surface area contributed by atoms with Crippen molar-refractivity contribution in [3.63, 3.8) is 0 Å². The molecule has 2 heterocycles. The fraction of sp³-hybridized carbons (Fsp3) is 0.444. The number of carbonyl (C=O) groups excluding carboxylic acids is 2. The van der Waals surface area contributed by atoms with Crippen LogP contribution in [0.1, 0.15) is 23.3 Å². The minimum absolute atomic E-state index is 0.171. The van der Waals surface area contributed by atoms with E-state index < -0.39 is 5.41 Å². The number of hydrogen-bond acceptors (Lipinski definition) is 3. The first-order valence-electron chi connectivity index (χ1n) is 4.56. The smallest absolute Gasteiger partial charge is 0.264 e. The Balaban J connectivity index is 2.18. The summed E-state index contributed by atoms with van der Waals surface area (Å²) in [6.07, 6.45) is 1.30. The molecule has 0 saturated heterocycles. The molecule has 1 aliphatic carbocycles.